The van der Waals surface area contributed by atoms with Gasteiger partial charge < -0.3 is 13.2 Å². The predicted octanol–water partition coefficient (Wildman–Crippen LogP) is 3.57. The molecule has 0 amide bonds. The minimum Gasteiger partial charge on any atom is -0.449 e. The maximum atomic E-state index is 5.33. The van der Waals surface area contributed by atoms with Crippen molar-refractivity contribution in [3.8, 4) is 0 Å². The third-order valence-corrected chi connectivity index (χ3v) is 0.731. The first kappa shape index (κ1) is 23.2. The predicted molar refractivity (Wildman–Crippen MR) is 58.8 cm³/mol. The Kier molecular flexibility index (Phi) is 40.5. The van der Waals surface area contributed by atoms with Crippen LogP contribution in [0, 0.1) is 13.5 Å². The van der Waals surface area contributed by atoms with E-state index in [0.717, 1.165) is 5.69 Å². The van der Waals surface area contributed by atoms with Crippen LogP contribution in [0.4, 0.5) is 5.69 Å². The Hall–Kier alpha value is 0.124. The van der Waals surface area contributed by atoms with Gasteiger partial charge in [0.25, 0.3) is 0 Å². The van der Waals surface area contributed by atoms with E-state index < -0.39 is 0 Å². The van der Waals surface area contributed by atoms with Gasteiger partial charge in [0.05, 0.1) is 0 Å². The Morgan fingerprint density at radius 1 is 1.15 bits per heavy atom. The van der Waals surface area contributed by atoms with Crippen molar-refractivity contribution in [2.75, 3.05) is 5.73 Å². The number of nitrogen functional groups attached to an aromatic ring is 1. The van der Waals surface area contributed by atoms with Gasteiger partial charge >= 0.3 is 0 Å². The Morgan fingerprint density at radius 2 is 1.62 bits per heavy atom. The molecule has 0 bridgehead atoms. The molecule has 0 spiro atoms. The van der Waals surface area contributed by atoms with Gasteiger partial charge in [-0.1, -0.05) is 33.4 Å². The molecular weight excluding hydrogens is 235 g/mol. The van der Waals surface area contributed by atoms with Crippen LogP contribution in [0.3, 0.4) is 0 Å². The van der Waals surface area contributed by atoms with E-state index in [4.69, 9.17) is 5.73 Å². The summed E-state index contributed by atoms with van der Waals surface area (Å²) in [6.07, 6.45) is 0. The second kappa shape index (κ2) is 22.7. The molecule has 0 aromatic heterocycles. The summed E-state index contributed by atoms with van der Waals surface area (Å²) in [7, 11) is 0. The first-order chi connectivity index (χ1) is 5.39. The van der Waals surface area contributed by atoms with Gasteiger partial charge in [0, 0.05) is 32.7 Å². The van der Waals surface area contributed by atoms with E-state index >= 15 is 0 Å². The summed E-state index contributed by atoms with van der Waals surface area (Å²) >= 11 is 0. The van der Waals surface area contributed by atoms with Crippen LogP contribution >= 0.6 is 0 Å². The summed E-state index contributed by atoms with van der Waals surface area (Å²) in [5.41, 5.74) is 6.09. The summed E-state index contributed by atoms with van der Waals surface area (Å²) in [5, 5.41) is 0. The molecule has 0 unspecified atom stereocenters. The van der Waals surface area contributed by atoms with Crippen LogP contribution in [0.1, 0.15) is 27.7 Å². The number of nitrogens with two attached hydrogens (primary N) is 1. The molecule has 0 aliphatic rings. The van der Waals surface area contributed by atoms with Crippen LogP contribution in [0.15, 0.2) is 24.3 Å². The maximum absolute atomic E-state index is 5.33. The molecule has 2 N–H and O–H groups in total. The topological polar surface area (TPSA) is 26.0 Å². The van der Waals surface area contributed by atoms with Crippen molar-refractivity contribution in [3.63, 3.8) is 0 Å². The van der Waals surface area contributed by atoms with E-state index in [0.29, 0.717) is 0 Å². The van der Waals surface area contributed by atoms with Gasteiger partial charge in [-0.3, -0.25) is 0 Å². The van der Waals surface area contributed by atoms with E-state index in [-0.39, 0.29) is 40.1 Å². The van der Waals surface area contributed by atoms with Crippen molar-refractivity contribution in [2.24, 2.45) is 0 Å². The minimum absolute atomic E-state index is 0. The van der Waals surface area contributed by atoms with Crippen LogP contribution in [-0.2, 0) is 32.7 Å². The summed E-state index contributed by atoms with van der Waals surface area (Å²) in [6.45, 7) is 8.00. The van der Waals surface area contributed by atoms with Crippen molar-refractivity contribution >= 4 is 5.69 Å². The van der Waals surface area contributed by atoms with E-state index in [1.54, 1.807) is 6.07 Å². The molecule has 0 atom stereocenters. The average Bonchev–Trinajstić information content (AvgIpc) is 2.13. The quantitative estimate of drug-likeness (QED) is 0.557. The van der Waals surface area contributed by atoms with Crippen LogP contribution in [0.25, 0.3) is 0 Å². The smallest absolute Gasteiger partial charge is 0 e. The van der Waals surface area contributed by atoms with Gasteiger partial charge in [0.1, 0.15) is 0 Å². The first-order valence-electron chi connectivity index (χ1n) is 4.11. The van der Waals surface area contributed by atoms with Gasteiger partial charge in [-0.05, 0) is 0 Å². The molecule has 0 heterocycles. The zero-order valence-corrected chi connectivity index (χ0v) is 12.3. The molecule has 75 valence electrons. The van der Waals surface area contributed by atoms with Crippen LogP contribution in [0.2, 0.25) is 0 Å². The molecule has 1 nitrogen and oxygen atoms in total. The molecule has 0 fully saturated rings. The fourth-order valence-corrected chi connectivity index (χ4v) is 0.407. The monoisotopic (exact) mass is 256 g/mol. The van der Waals surface area contributed by atoms with Crippen molar-refractivity contribution in [2.45, 2.75) is 27.7 Å². The van der Waals surface area contributed by atoms with Gasteiger partial charge in [-0.25, -0.2) is 0 Å². The number of rotatable bonds is 0. The van der Waals surface area contributed by atoms with Gasteiger partial charge in [-0.15, -0.1) is 0 Å². The van der Waals surface area contributed by atoms with Gasteiger partial charge in [-0.2, -0.15) is 30.3 Å². The maximum Gasteiger partial charge on any atom is 0 e. The van der Waals surface area contributed by atoms with Crippen LogP contribution in [0.5, 0.6) is 0 Å². The fourth-order valence-electron chi connectivity index (χ4n) is 0.407. The molecule has 1 rings (SSSR count). The van der Waals surface area contributed by atoms with Crippen molar-refractivity contribution in [3.05, 3.63) is 37.8 Å². The van der Waals surface area contributed by atoms with Crippen molar-refractivity contribution in [1.29, 1.82) is 0 Å². The average molecular weight is 256 g/mol. The molecule has 0 aliphatic heterocycles. The number of hydrogen-bond acceptors (Lipinski definition) is 1. The number of benzene rings is 1. The third-order valence-electron chi connectivity index (χ3n) is 0.731. The Balaban J connectivity index is -0.0000000607. The Bertz CT molecular complexity index is 140. The molecule has 2 heteroatoms. The molecule has 0 aliphatic carbocycles. The fraction of sp³-hybridized carbons (Fsp3) is 0.364. The Labute approximate surface area is 109 Å². The number of hydrogen-bond donors (Lipinski definition) is 1. The molecule has 0 saturated carbocycles. The second-order valence-corrected chi connectivity index (χ2v) is 1.34. The van der Waals surface area contributed by atoms with Crippen LogP contribution < -0.4 is 5.73 Å². The van der Waals surface area contributed by atoms with E-state index in [2.05, 4.69) is 6.07 Å². The molecule has 13 heavy (non-hydrogen) atoms. The van der Waals surface area contributed by atoms with E-state index in [9.17, 15) is 0 Å². The summed E-state index contributed by atoms with van der Waals surface area (Å²) < 4.78 is 0. The molecule has 1 aromatic carbocycles. The van der Waals surface area contributed by atoms with Crippen molar-refractivity contribution in [1.82, 2.24) is 0 Å². The zero-order chi connectivity index (χ0) is 9.11. The van der Waals surface area contributed by atoms with E-state index in [1.807, 2.05) is 45.9 Å². The minimum atomic E-state index is 0. The molecule has 1 radical (unpaired) electrons. The van der Waals surface area contributed by atoms with E-state index in [1.165, 1.54) is 0 Å². The number of anilines is 1. The van der Waals surface area contributed by atoms with Crippen LogP contribution in [-0.4, -0.2) is 0 Å². The Morgan fingerprint density at radius 3 is 1.77 bits per heavy atom. The molecule has 1 aromatic rings. The third kappa shape index (κ3) is 18.8. The van der Waals surface area contributed by atoms with Crippen molar-refractivity contribution < 1.29 is 32.7 Å². The summed E-state index contributed by atoms with van der Waals surface area (Å²) in [5.74, 6) is 0. The molecular formula is C11H21NY-2. The van der Waals surface area contributed by atoms with Gasteiger partial charge in [0.2, 0.25) is 0 Å². The zero-order valence-electron chi connectivity index (χ0n) is 9.46. The standard InChI is InChI=1S/C6H6N.2C2H6.CH3.Y/c7-6-4-2-1-3-5-6;2*1-2;;/h1-2,4-5H,7H2;2*1-2H3;1H3;/q-1;;;-1;. The second-order valence-electron chi connectivity index (χ2n) is 1.34. The largest absolute Gasteiger partial charge is 0.449 e. The summed E-state index contributed by atoms with van der Waals surface area (Å²) in [4.78, 5) is 0. The first-order valence-corrected chi connectivity index (χ1v) is 4.11. The van der Waals surface area contributed by atoms with Gasteiger partial charge in [0.15, 0.2) is 0 Å². The SMILES string of the molecule is CC.CC.Nc1c[c-]ccc1.[CH3-].[Y]. The molecule has 0 saturated heterocycles. The summed E-state index contributed by atoms with van der Waals surface area (Å²) in [6, 6.07) is 10.1. The normalized spacial score (nSPS) is 5.54.